The molecule has 10 heteroatoms. The third kappa shape index (κ3) is 8.93. The van der Waals surface area contributed by atoms with Crippen LogP contribution in [0.15, 0.2) is 47.5 Å². The number of aliphatic hydroxyl groups is 3. The van der Waals surface area contributed by atoms with E-state index in [1.54, 1.807) is 6.07 Å². The molecule has 0 amide bonds. The predicted molar refractivity (Wildman–Crippen MR) is 300 cm³/mol. The zero-order valence-electron chi connectivity index (χ0n) is 47.8. The van der Waals surface area contributed by atoms with Gasteiger partial charge in [-0.05, 0) is 221 Å². The average Bonchev–Trinajstić information content (AvgIpc) is 3.85. The predicted octanol–water partition coefficient (Wildman–Crippen LogP) is 11.3. The molecule has 11 rings (SSSR count). The lowest BCUT2D eigenvalue weighted by Crippen LogP contribution is -2.71. The number of carbonyl (C=O) groups is 2. The van der Waals surface area contributed by atoms with Crippen LogP contribution >= 0.6 is 0 Å². The SMILES string of the molecule is CNCc1cc(O)cc([C@@H]2C[C@@]3(C)[C@H]4CCC5=C([C@@H]6[C@H]7CCCC[C@H]7CC[C@H]6[C@@H](O)[C@H]6O[C@]6(C)[C@H]6CCC[C@@H]6c6cc(N)cc(CC(C)C)c6)C(=O)C[C@]5(C)[C@@]4(CCO)C[C@@H]4NC[C@@](C)(O)CCCC[C@@](C)(C2=O)[C@H]43)c1. The maximum atomic E-state index is 15.9. The number of β-amino-alcohol motifs (C(OH)–C–C–N with tert-alkyl or cyclic N) is 1. The number of ether oxygens (including phenoxy) is 1. The molecule has 8 fully saturated rings. The fraction of sp³-hybridized carbons (Fsp3) is 0.758. The highest BCUT2D eigenvalue weighted by Gasteiger charge is 2.74. The van der Waals surface area contributed by atoms with Crippen molar-refractivity contribution in [2.24, 2.45) is 69.0 Å². The summed E-state index contributed by atoms with van der Waals surface area (Å²) in [5, 5.41) is 55.2. The number of Topliss-reactive ketones (excluding diaryl/α,β-unsaturated/α-hetero) is 2. The Balaban J connectivity index is 0.987. The van der Waals surface area contributed by atoms with E-state index in [4.69, 9.17) is 10.5 Å². The van der Waals surface area contributed by atoms with Gasteiger partial charge in [0, 0.05) is 54.6 Å². The lowest BCUT2D eigenvalue weighted by molar-refractivity contribution is -0.208. The van der Waals surface area contributed by atoms with E-state index in [0.29, 0.717) is 68.9 Å². The molecule has 6 saturated carbocycles. The molecular formula is C66H97N3O7. The van der Waals surface area contributed by atoms with Gasteiger partial charge in [0.15, 0.2) is 5.78 Å². The van der Waals surface area contributed by atoms with Crippen LogP contribution in [0.1, 0.15) is 205 Å². The molecule has 0 unspecified atom stereocenters. The lowest BCUT2D eigenvalue weighted by atomic mass is 9.33. The maximum absolute atomic E-state index is 15.9. The summed E-state index contributed by atoms with van der Waals surface area (Å²) in [6, 6.07) is 12.3. The number of allylic oxidation sites excluding steroid dienone is 2. The Morgan fingerprint density at radius 3 is 2.38 bits per heavy atom. The Labute approximate surface area is 456 Å². The van der Waals surface area contributed by atoms with Gasteiger partial charge in [-0.2, -0.15) is 0 Å². The van der Waals surface area contributed by atoms with Gasteiger partial charge in [0.2, 0.25) is 0 Å². The molecule has 2 aliphatic heterocycles. The third-order valence-electron chi connectivity index (χ3n) is 23.8. The molecule has 0 bridgehead atoms. The van der Waals surface area contributed by atoms with Gasteiger partial charge in [0.05, 0.1) is 17.3 Å². The number of anilines is 1. The van der Waals surface area contributed by atoms with E-state index in [9.17, 15) is 20.4 Å². The quantitative estimate of drug-likeness (QED) is 0.0800. The van der Waals surface area contributed by atoms with Crippen LogP contribution in [0.2, 0.25) is 0 Å². The Morgan fingerprint density at radius 1 is 0.855 bits per heavy atom. The van der Waals surface area contributed by atoms with Crippen LogP contribution in [0, 0.1) is 69.0 Å². The second kappa shape index (κ2) is 20.1. The minimum absolute atomic E-state index is 0.00250. The number of phenols is 1. The van der Waals surface area contributed by atoms with Gasteiger partial charge in [0.25, 0.3) is 0 Å². The number of fused-ring (bicyclic) bond motifs is 5. The zero-order valence-corrected chi connectivity index (χ0v) is 47.8. The molecule has 76 heavy (non-hydrogen) atoms. The highest BCUT2D eigenvalue weighted by atomic mass is 16.6. The normalized spacial score (nSPS) is 43.8. The van der Waals surface area contributed by atoms with Crippen molar-refractivity contribution in [1.82, 2.24) is 10.6 Å². The van der Waals surface area contributed by atoms with Crippen molar-refractivity contribution >= 4 is 17.3 Å². The number of hydrogen-bond acceptors (Lipinski definition) is 10. The van der Waals surface area contributed by atoms with E-state index in [0.717, 1.165) is 106 Å². The Bertz CT molecular complexity index is 2580. The van der Waals surface area contributed by atoms with Gasteiger partial charge in [-0.15, -0.1) is 0 Å². The van der Waals surface area contributed by atoms with Gasteiger partial charge in [-0.1, -0.05) is 90.8 Å². The molecule has 10 nitrogen and oxygen atoms in total. The lowest BCUT2D eigenvalue weighted by Gasteiger charge is -2.72. The number of aliphatic hydroxyl groups excluding tert-OH is 2. The number of benzene rings is 2. The molecule has 0 spiro atoms. The van der Waals surface area contributed by atoms with E-state index in [1.807, 2.05) is 20.0 Å². The van der Waals surface area contributed by atoms with Crippen LogP contribution < -0.4 is 16.4 Å². The second-order valence-corrected chi connectivity index (χ2v) is 28.9. The number of nitrogens with one attached hydrogen (secondary N) is 2. The Morgan fingerprint density at radius 2 is 1.62 bits per heavy atom. The van der Waals surface area contributed by atoms with Crippen molar-refractivity contribution in [2.75, 3.05) is 25.9 Å². The summed E-state index contributed by atoms with van der Waals surface area (Å²) in [5.41, 5.74) is 10.7. The number of epoxide rings is 1. The van der Waals surface area contributed by atoms with Crippen LogP contribution in [0.5, 0.6) is 5.75 Å². The van der Waals surface area contributed by atoms with E-state index >= 15 is 9.59 Å². The molecule has 0 radical (unpaired) electrons. The summed E-state index contributed by atoms with van der Waals surface area (Å²) in [5.74, 6) is 2.17. The van der Waals surface area contributed by atoms with Crippen LogP contribution in [-0.4, -0.2) is 81.6 Å². The molecule has 2 aromatic carbocycles. The van der Waals surface area contributed by atoms with Gasteiger partial charge >= 0.3 is 0 Å². The Hall–Kier alpha value is -3.12. The van der Waals surface area contributed by atoms with E-state index in [-0.39, 0.29) is 65.7 Å². The van der Waals surface area contributed by atoms with Gasteiger partial charge in [0.1, 0.15) is 17.6 Å². The fourth-order valence-corrected chi connectivity index (χ4v) is 20.9. The summed E-state index contributed by atoms with van der Waals surface area (Å²) in [7, 11) is 1.90. The highest BCUT2D eigenvalue weighted by molar-refractivity contribution is 6.01. The molecule has 2 saturated heterocycles. The molecule has 2 heterocycles. The second-order valence-electron chi connectivity index (χ2n) is 28.9. The minimum Gasteiger partial charge on any atom is -0.508 e. The number of nitrogen functional groups attached to an aromatic ring is 1. The number of ketones is 2. The van der Waals surface area contributed by atoms with Crippen molar-refractivity contribution in [2.45, 2.75) is 225 Å². The third-order valence-corrected chi connectivity index (χ3v) is 23.8. The topological polar surface area (TPSA) is 178 Å². The molecule has 2 aromatic rings. The number of aromatic hydroxyl groups is 1. The van der Waals surface area contributed by atoms with Crippen LogP contribution in [-0.2, 0) is 27.3 Å². The van der Waals surface area contributed by atoms with Gasteiger partial charge < -0.3 is 41.5 Å². The first-order valence-corrected chi connectivity index (χ1v) is 30.7. The molecule has 8 N–H and O–H groups in total. The Kier molecular flexibility index (Phi) is 14.5. The van der Waals surface area contributed by atoms with Crippen molar-refractivity contribution in [3.05, 3.63) is 69.8 Å². The van der Waals surface area contributed by atoms with Gasteiger partial charge in [-0.3, -0.25) is 9.59 Å². The standard InChI is InChI=1S/C66H97N3O7/c1-38(2)26-39-27-42(31-44(67)29-39)46-16-13-17-50(46)65(7)60(76-65)57(73)48-19-18-41-14-9-10-15-47(41)55(48)56-51-20-21-54-63(5)33-49(43-28-40(36-68-8)30-45(71)32-43)59(74)62(4)23-12-11-22-61(3,75)37-69-52(58(62)63)34-66(54,24-25-70)64(51,6)35-53(56)72/h27-32,38,41,46-50,52,54-55,57-58,60,68-71,73,75H,9-26,33-37,67H2,1-8H3/t41-,46+,47-,48+,49-,50-,52-,54+,55+,57+,58-,60+,61-,62+,63-,64-,65+,66-/m0/s1. The summed E-state index contributed by atoms with van der Waals surface area (Å²) in [6.45, 7) is 16.8. The summed E-state index contributed by atoms with van der Waals surface area (Å²) >= 11 is 0. The number of nitrogens with two attached hydrogens (primary N) is 1. The van der Waals surface area contributed by atoms with E-state index in [2.05, 4.69) is 76.4 Å². The minimum atomic E-state index is -0.921. The maximum Gasteiger partial charge on any atom is 0.160 e. The van der Waals surface area contributed by atoms with Crippen LogP contribution in [0.25, 0.3) is 0 Å². The average molecular weight is 1040 g/mol. The number of carbonyl (C=O) groups excluding carboxylic acids is 2. The van der Waals surface area contributed by atoms with Crippen LogP contribution in [0.3, 0.4) is 0 Å². The van der Waals surface area contributed by atoms with E-state index in [1.165, 1.54) is 29.5 Å². The van der Waals surface area contributed by atoms with Crippen molar-refractivity contribution in [3.63, 3.8) is 0 Å². The molecular weight excluding hydrogens is 947 g/mol. The summed E-state index contributed by atoms with van der Waals surface area (Å²) in [6.07, 6.45) is 16.9. The fourth-order valence-electron chi connectivity index (χ4n) is 20.9. The highest BCUT2D eigenvalue weighted by Crippen LogP contribution is 2.77. The molecule has 9 aliphatic rings. The van der Waals surface area contributed by atoms with Crippen molar-refractivity contribution < 1.29 is 34.8 Å². The van der Waals surface area contributed by atoms with Crippen molar-refractivity contribution in [1.29, 1.82) is 0 Å². The molecule has 0 aromatic heterocycles. The van der Waals surface area contributed by atoms with Crippen molar-refractivity contribution in [3.8, 4) is 5.75 Å². The largest absolute Gasteiger partial charge is 0.508 e. The summed E-state index contributed by atoms with van der Waals surface area (Å²) in [4.78, 5) is 31.6. The smallest absolute Gasteiger partial charge is 0.160 e. The molecule has 7 aliphatic carbocycles. The number of phenolic OH excluding ortho intramolecular Hbond substituents is 1. The zero-order chi connectivity index (χ0) is 53.9. The summed E-state index contributed by atoms with van der Waals surface area (Å²) < 4.78 is 6.95. The molecule has 18 atom stereocenters. The first kappa shape index (κ1) is 54.8. The van der Waals surface area contributed by atoms with Crippen LogP contribution in [0.4, 0.5) is 5.69 Å². The monoisotopic (exact) mass is 1040 g/mol. The first-order valence-electron chi connectivity index (χ1n) is 30.7. The number of rotatable bonds is 12. The van der Waals surface area contributed by atoms with E-state index < -0.39 is 44.9 Å². The molecule has 418 valence electrons. The first-order chi connectivity index (χ1) is 36.1. The van der Waals surface area contributed by atoms with Gasteiger partial charge in [-0.25, -0.2) is 0 Å². The number of hydrogen-bond donors (Lipinski definition) is 7.